The first-order valence-electron chi connectivity index (χ1n) is 10.1. The Kier molecular flexibility index (Phi) is 7.57. The van der Waals surface area contributed by atoms with E-state index in [1.165, 1.54) is 17.7 Å². The summed E-state index contributed by atoms with van der Waals surface area (Å²) in [6, 6.07) is 17.1. The molecule has 0 aromatic heterocycles. The second-order valence-corrected chi connectivity index (χ2v) is 7.55. The summed E-state index contributed by atoms with van der Waals surface area (Å²) in [6.45, 7) is 4.75. The van der Waals surface area contributed by atoms with E-state index in [1.807, 2.05) is 6.07 Å². The molecule has 3 rings (SSSR count). The minimum Gasteiger partial charge on any atom is -0.354 e. The number of piperazine rings is 1. The van der Waals surface area contributed by atoms with E-state index in [0.29, 0.717) is 13.0 Å². The third-order valence-corrected chi connectivity index (χ3v) is 5.44. The maximum Gasteiger partial charge on any atom is 0.220 e. The van der Waals surface area contributed by atoms with Crippen LogP contribution in [0.5, 0.6) is 0 Å². The first-order valence-corrected chi connectivity index (χ1v) is 10.1. The van der Waals surface area contributed by atoms with Crippen molar-refractivity contribution >= 4 is 5.91 Å². The summed E-state index contributed by atoms with van der Waals surface area (Å²) in [5, 5.41) is 3.13. The number of carbonyl (C=O) groups excluding carboxylic acids is 1. The summed E-state index contributed by atoms with van der Waals surface area (Å²) in [5.41, 5.74) is 2.31. The van der Waals surface area contributed by atoms with Gasteiger partial charge in [0, 0.05) is 39.1 Å². The molecule has 0 aliphatic carbocycles. The van der Waals surface area contributed by atoms with Crippen molar-refractivity contribution in [1.29, 1.82) is 0 Å². The van der Waals surface area contributed by atoms with Crippen LogP contribution in [-0.4, -0.2) is 55.5 Å². The number of hydrogen-bond donors (Lipinski definition) is 1. The summed E-state index contributed by atoms with van der Waals surface area (Å²) >= 11 is 0. The van der Waals surface area contributed by atoms with Crippen molar-refractivity contribution < 1.29 is 9.18 Å². The molecule has 2 aromatic carbocycles. The molecule has 0 radical (unpaired) electrons. The molecule has 28 heavy (non-hydrogen) atoms. The zero-order chi connectivity index (χ0) is 19.8. The number of likely N-dealkylation sites (N-methyl/N-ethyl adjacent to an activating group) is 1. The SMILES string of the molecule is CN1CCN(C(CNC(=O)CCCc2ccc(F)cc2)c2ccccc2)CC1. The zero-order valence-electron chi connectivity index (χ0n) is 16.6. The number of carbonyl (C=O) groups is 1. The predicted molar refractivity (Wildman–Crippen MR) is 111 cm³/mol. The Morgan fingerprint density at radius 3 is 2.39 bits per heavy atom. The van der Waals surface area contributed by atoms with Crippen molar-refractivity contribution in [2.24, 2.45) is 0 Å². The lowest BCUT2D eigenvalue weighted by Crippen LogP contribution is -2.48. The van der Waals surface area contributed by atoms with Gasteiger partial charge in [-0.25, -0.2) is 4.39 Å². The molecule has 1 fully saturated rings. The van der Waals surface area contributed by atoms with Crippen LogP contribution >= 0.6 is 0 Å². The van der Waals surface area contributed by atoms with Crippen molar-refractivity contribution in [1.82, 2.24) is 15.1 Å². The summed E-state index contributed by atoms with van der Waals surface area (Å²) in [7, 11) is 2.15. The highest BCUT2D eigenvalue weighted by Gasteiger charge is 2.24. The van der Waals surface area contributed by atoms with Gasteiger partial charge in [-0.15, -0.1) is 0 Å². The highest BCUT2D eigenvalue weighted by atomic mass is 19.1. The van der Waals surface area contributed by atoms with E-state index in [-0.39, 0.29) is 17.8 Å². The van der Waals surface area contributed by atoms with Crippen molar-refractivity contribution in [2.75, 3.05) is 39.8 Å². The summed E-state index contributed by atoms with van der Waals surface area (Å²) in [6.07, 6.45) is 2.04. The number of benzene rings is 2. The van der Waals surface area contributed by atoms with Crippen LogP contribution in [0.3, 0.4) is 0 Å². The van der Waals surface area contributed by atoms with Crippen molar-refractivity contribution in [3.63, 3.8) is 0 Å². The van der Waals surface area contributed by atoms with Gasteiger partial charge in [0.1, 0.15) is 5.82 Å². The van der Waals surface area contributed by atoms with Gasteiger partial charge in [0.25, 0.3) is 0 Å². The molecule has 1 saturated heterocycles. The fourth-order valence-corrected chi connectivity index (χ4v) is 3.67. The molecule has 5 heteroatoms. The van der Waals surface area contributed by atoms with E-state index in [2.05, 4.69) is 46.4 Å². The van der Waals surface area contributed by atoms with Crippen molar-refractivity contribution in [3.8, 4) is 0 Å². The molecule has 1 heterocycles. The first kappa shape index (κ1) is 20.5. The molecule has 0 saturated carbocycles. The van der Waals surface area contributed by atoms with Crippen LogP contribution in [0.25, 0.3) is 0 Å². The van der Waals surface area contributed by atoms with Crippen LogP contribution < -0.4 is 5.32 Å². The van der Waals surface area contributed by atoms with E-state index < -0.39 is 0 Å². The van der Waals surface area contributed by atoms with E-state index >= 15 is 0 Å². The average Bonchev–Trinajstić information content (AvgIpc) is 2.72. The number of rotatable bonds is 8. The van der Waals surface area contributed by atoms with Crippen molar-refractivity contribution in [2.45, 2.75) is 25.3 Å². The van der Waals surface area contributed by atoms with Crippen LogP contribution in [0.2, 0.25) is 0 Å². The van der Waals surface area contributed by atoms with Crippen LogP contribution in [-0.2, 0) is 11.2 Å². The number of halogens is 1. The van der Waals surface area contributed by atoms with Gasteiger partial charge in [0.15, 0.2) is 0 Å². The Morgan fingerprint density at radius 2 is 1.71 bits per heavy atom. The predicted octanol–water partition coefficient (Wildman–Crippen LogP) is 3.25. The van der Waals surface area contributed by atoms with Gasteiger partial charge in [-0.05, 0) is 43.1 Å². The van der Waals surface area contributed by atoms with E-state index in [0.717, 1.165) is 44.6 Å². The van der Waals surface area contributed by atoms with Gasteiger partial charge in [-0.1, -0.05) is 42.5 Å². The Bertz CT molecular complexity index is 727. The lowest BCUT2D eigenvalue weighted by atomic mass is 10.0. The molecule has 1 amide bonds. The van der Waals surface area contributed by atoms with E-state index in [4.69, 9.17) is 0 Å². The smallest absolute Gasteiger partial charge is 0.220 e. The quantitative estimate of drug-likeness (QED) is 0.760. The van der Waals surface area contributed by atoms with Crippen LogP contribution in [0, 0.1) is 5.82 Å². The number of amides is 1. The topological polar surface area (TPSA) is 35.6 Å². The number of nitrogens with one attached hydrogen (secondary N) is 1. The average molecular weight is 384 g/mol. The van der Waals surface area contributed by atoms with Gasteiger partial charge < -0.3 is 10.2 Å². The molecule has 150 valence electrons. The molecule has 0 spiro atoms. The maximum absolute atomic E-state index is 13.0. The molecule has 1 N–H and O–H groups in total. The molecule has 1 aliphatic heterocycles. The lowest BCUT2D eigenvalue weighted by Gasteiger charge is -2.38. The van der Waals surface area contributed by atoms with Gasteiger partial charge in [-0.3, -0.25) is 9.69 Å². The Hall–Kier alpha value is -2.24. The highest BCUT2D eigenvalue weighted by Crippen LogP contribution is 2.21. The lowest BCUT2D eigenvalue weighted by molar-refractivity contribution is -0.121. The van der Waals surface area contributed by atoms with Gasteiger partial charge >= 0.3 is 0 Å². The Balaban J connectivity index is 1.49. The molecular formula is C23H30FN3O. The molecule has 1 aliphatic rings. The standard InChI is InChI=1S/C23H30FN3O/c1-26-14-16-27(17-15-26)22(20-7-3-2-4-8-20)18-25-23(28)9-5-6-19-10-12-21(24)13-11-19/h2-4,7-8,10-13,22H,5-6,9,14-18H2,1H3,(H,25,28). The molecule has 1 atom stereocenters. The van der Waals surface area contributed by atoms with Gasteiger partial charge in [-0.2, -0.15) is 0 Å². The third kappa shape index (κ3) is 6.14. The van der Waals surface area contributed by atoms with Gasteiger partial charge in [0.05, 0.1) is 6.04 Å². The van der Waals surface area contributed by atoms with Gasteiger partial charge in [0.2, 0.25) is 5.91 Å². The summed E-state index contributed by atoms with van der Waals surface area (Å²) in [5.74, 6) is -0.144. The summed E-state index contributed by atoms with van der Waals surface area (Å²) < 4.78 is 13.0. The maximum atomic E-state index is 13.0. The number of aryl methyl sites for hydroxylation is 1. The van der Waals surface area contributed by atoms with Crippen LogP contribution in [0.1, 0.15) is 30.0 Å². The van der Waals surface area contributed by atoms with Crippen LogP contribution in [0.15, 0.2) is 54.6 Å². The van der Waals surface area contributed by atoms with Crippen LogP contribution in [0.4, 0.5) is 4.39 Å². The summed E-state index contributed by atoms with van der Waals surface area (Å²) in [4.78, 5) is 17.2. The van der Waals surface area contributed by atoms with E-state index in [9.17, 15) is 9.18 Å². The monoisotopic (exact) mass is 383 g/mol. The third-order valence-electron chi connectivity index (χ3n) is 5.44. The van der Waals surface area contributed by atoms with Crippen molar-refractivity contribution in [3.05, 3.63) is 71.5 Å². The molecule has 4 nitrogen and oxygen atoms in total. The largest absolute Gasteiger partial charge is 0.354 e. The molecule has 2 aromatic rings. The minimum absolute atomic E-state index is 0.0807. The number of hydrogen-bond acceptors (Lipinski definition) is 3. The fourth-order valence-electron chi connectivity index (χ4n) is 3.67. The highest BCUT2D eigenvalue weighted by molar-refractivity contribution is 5.75. The molecular weight excluding hydrogens is 353 g/mol. The second-order valence-electron chi connectivity index (χ2n) is 7.55. The fraction of sp³-hybridized carbons (Fsp3) is 0.435. The first-order chi connectivity index (χ1) is 13.6. The second kappa shape index (κ2) is 10.3. The number of nitrogens with zero attached hydrogens (tertiary/aromatic N) is 2. The Morgan fingerprint density at radius 1 is 1.04 bits per heavy atom. The molecule has 1 unspecified atom stereocenters. The van der Waals surface area contributed by atoms with E-state index in [1.54, 1.807) is 12.1 Å². The normalized spacial score (nSPS) is 16.6. The molecule has 0 bridgehead atoms. The zero-order valence-corrected chi connectivity index (χ0v) is 16.6. The minimum atomic E-state index is -0.225. The Labute approximate surface area is 167 Å².